The van der Waals surface area contributed by atoms with Crippen LogP contribution >= 0.6 is 31.9 Å². The summed E-state index contributed by atoms with van der Waals surface area (Å²) in [6.45, 7) is 3.82. The second-order valence-corrected chi connectivity index (χ2v) is 5.90. The zero-order chi connectivity index (χ0) is 15.9. The summed E-state index contributed by atoms with van der Waals surface area (Å²) in [4.78, 5) is 22.0. The molecule has 1 aromatic carbocycles. The third-order valence-corrected chi connectivity index (χ3v) is 4.54. The Labute approximate surface area is 134 Å². The monoisotopic (exact) mass is 421 g/mol. The maximum Gasteiger partial charge on any atom is 0.363 e. The van der Waals surface area contributed by atoms with Gasteiger partial charge in [0.15, 0.2) is 0 Å². The predicted molar refractivity (Wildman–Crippen MR) is 81.2 cm³/mol. The molecule has 0 amide bonds. The molecule has 2 aromatic rings. The normalized spacial score (nSPS) is 12.6. The van der Waals surface area contributed by atoms with Crippen LogP contribution in [0.3, 0.4) is 0 Å². The topological polar surface area (TPSA) is 117 Å². The van der Waals surface area contributed by atoms with Crippen LogP contribution in [0, 0.1) is 20.2 Å². The first-order valence-corrected chi connectivity index (χ1v) is 7.44. The fourth-order valence-electron chi connectivity index (χ4n) is 1.74. The molecule has 0 aliphatic heterocycles. The highest BCUT2D eigenvalue weighted by Gasteiger charge is 2.36. The van der Waals surface area contributed by atoms with Gasteiger partial charge in [0.05, 0.1) is 15.9 Å². The Morgan fingerprint density at radius 2 is 1.48 bits per heavy atom. The van der Waals surface area contributed by atoms with Gasteiger partial charge in [-0.3, -0.25) is 20.2 Å². The highest BCUT2D eigenvalue weighted by Crippen LogP contribution is 2.45. The maximum absolute atomic E-state index is 11.1. The highest BCUT2D eigenvalue weighted by atomic mass is 79.9. The summed E-state index contributed by atoms with van der Waals surface area (Å²) in [5.41, 5.74) is -0.870. The van der Waals surface area contributed by atoms with E-state index in [1.807, 2.05) is 13.8 Å². The zero-order valence-corrected chi connectivity index (χ0v) is 14.1. The second-order valence-electron chi connectivity index (χ2n) is 4.31. The van der Waals surface area contributed by atoms with Gasteiger partial charge in [0.25, 0.3) is 0 Å². The van der Waals surface area contributed by atoms with E-state index in [9.17, 15) is 20.2 Å². The molecular formula is C10H9Br2N5O4. The lowest BCUT2D eigenvalue weighted by Crippen LogP contribution is -2.07. The van der Waals surface area contributed by atoms with Gasteiger partial charge >= 0.3 is 11.4 Å². The Hall–Kier alpha value is -1.62. The molecule has 0 radical (unpaired) electrons. The van der Waals surface area contributed by atoms with E-state index in [4.69, 9.17) is 0 Å². The van der Waals surface area contributed by atoms with Gasteiger partial charge in [-0.1, -0.05) is 6.92 Å². The Morgan fingerprint density at radius 1 is 1.10 bits per heavy atom. The number of aromatic nitrogens is 3. The molecule has 0 aliphatic carbocycles. The van der Waals surface area contributed by atoms with Crippen molar-refractivity contribution in [2.24, 2.45) is 0 Å². The molecule has 1 atom stereocenters. The molecule has 1 heterocycles. The van der Waals surface area contributed by atoms with Crippen molar-refractivity contribution in [1.82, 2.24) is 15.0 Å². The third-order valence-electron chi connectivity index (χ3n) is 3.04. The van der Waals surface area contributed by atoms with Gasteiger partial charge in [-0.2, -0.15) is 15.0 Å². The van der Waals surface area contributed by atoms with Crippen LogP contribution in [0.25, 0.3) is 11.0 Å². The Bertz CT molecular complexity index is 703. The molecule has 0 saturated heterocycles. The number of nitro groups is 2. The molecule has 9 nitrogen and oxygen atoms in total. The van der Waals surface area contributed by atoms with Gasteiger partial charge in [-0.25, -0.2) is 0 Å². The smallest absolute Gasteiger partial charge is 0.258 e. The molecule has 0 spiro atoms. The first kappa shape index (κ1) is 15.8. The summed E-state index contributed by atoms with van der Waals surface area (Å²) in [6, 6.07) is -0.0330. The molecule has 0 N–H and O–H groups in total. The standard InChI is InChI=1S/C10H9Br2N5O4/c1-3-4(2)15-13-7-5(11)9(16(18)19)10(17(20)21)6(12)8(7)14-15/h4H,3H2,1-2H3. The van der Waals surface area contributed by atoms with E-state index in [0.717, 1.165) is 6.42 Å². The Morgan fingerprint density at radius 3 is 1.76 bits per heavy atom. The van der Waals surface area contributed by atoms with Crippen LogP contribution < -0.4 is 0 Å². The maximum atomic E-state index is 11.1. The van der Waals surface area contributed by atoms with Gasteiger partial charge in [0.2, 0.25) is 0 Å². The number of nitrogens with zero attached hydrogens (tertiary/aromatic N) is 5. The summed E-state index contributed by atoms with van der Waals surface area (Å²) in [5, 5.41) is 30.6. The van der Waals surface area contributed by atoms with Crippen molar-refractivity contribution in [2.45, 2.75) is 26.3 Å². The number of hydrogen-bond acceptors (Lipinski definition) is 6. The van der Waals surface area contributed by atoms with Crippen LogP contribution in [-0.4, -0.2) is 24.8 Å². The number of fused-ring (bicyclic) bond motifs is 1. The van der Waals surface area contributed by atoms with E-state index < -0.39 is 21.2 Å². The van der Waals surface area contributed by atoms with Gasteiger partial charge < -0.3 is 0 Å². The van der Waals surface area contributed by atoms with E-state index in [-0.39, 0.29) is 26.0 Å². The molecule has 1 unspecified atom stereocenters. The average Bonchev–Trinajstić information content (AvgIpc) is 2.86. The molecule has 2 rings (SSSR count). The molecule has 112 valence electrons. The third kappa shape index (κ3) is 2.50. The number of hydrogen-bond donors (Lipinski definition) is 0. The molecule has 1 aromatic heterocycles. The van der Waals surface area contributed by atoms with Crippen molar-refractivity contribution in [2.75, 3.05) is 0 Å². The van der Waals surface area contributed by atoms with Gasteiger partial charge in [0, 0.05) is 0 Å². The molecule has 0 aliphatic rings. The van der Waals surface area contributed by atoms with Crippen LogP contribution in [0.1, 0.15) is 26.3 Å². The SMILES string of the molecule is CCC(C)n1nc2c(Br)c([N+](=O)[O-])c([N+](=O)[O-])c(Br)c2n1. The number of halogens is 2. The van der Waals surface area contributed by atoms with Crippen LogP contribution in [0.2, 0.25) is 0 Å². The quantitative estimate of drug-likeness (QED) is 0.547. The van der Waals surface area contributed by atoms with E-state index in [1.54, 1.807) is 0 Å². The van der Waals surface area contributed by atoms with Crippen molar-refractivity contribution in [1.29, 1.82) is 0 Å². The Balaban J connectivity index is 2.91. The Kier molecular flexibility index (Phi) is 4.23. The summed E-state index contributed by atoms with van der Waals surface area (Å²) in [5.74, 6) is 0. The lowest BCUT2D eigenvalue weighted by Gasteiger charge is -2.05. The van der Waals surface area contributed by atoms with Crippen molar-refractivity contribution in [3.05, 3.63) is 29.2 Å². The second kappa shape index (κ2) is 5.64. The molecule has 21 heavy (non-hydrogen) atoms. The average molecular weight is 423 g/mol. The zero-order valence-electron chi connectivity index (χ0n) is 10.9. The van der Waals surface area contributed by atoms with Crippen molar-refractivity contribution in [3.63, 3.8) is 0 Å². The van der Waals surface area contributed by atoms with Crippen LogP contribution in [0.4, 0.5) is 11.4 Å². The van der Waals surface area contributed by atoms with E-state index >= 15 is 0 Å². The number of rotatable bonds is 4. The fourth-order valence-corrected chi connectivity index (χ4v) is 2.94. The number of benzene rings is 1. The lowest BCUT2D eigenvalue weighted by molar-refractivity contribution is -0.423. The van der Waals surface area contributed by atoms with Crippen LogP contribution in [-0.2, 0) is 0 Å². The minimum Gasteiger partial charge on any atom is -0.258 e. The summed E-state index contributed by atoms with van der Waals surface area (Å²) < 4.78 is -0.0982. The van der Waals surface area contributed by atoms with Gasteiger partial charge in [-0.05, 0) is 45.2 Å². The molecule has 11 heteroatoms. The van der Waals surface area contributed by atoms with Crippen LogP contribution in [0.15, 0.2) is 8.95 Å². The first-order chi connectivity index (χ1) is 9.79. The molecule has 0 fully saturated rings. The van der Waals surface area contributed by atoms with E-state index in [0.29, 0.717) is 0 Å². The van der Waals surface area contributed by atoms with Crippen molar-refractivity contribution < 1.29 is 9.85 Å². The van der Waals surface area contributed by atoms with E-state index in [1.165, 1.54) is 4.80 Å². The number of nitro benzene ring substituents is 2. The van der Waals surface area contributed by atoms with E-state index in [2.05, 4.69) is 42.1 Å². The summed E-state index contributed by atoms with van der Waals surface area (Å²) in [7, 11) is 0. The van der Waals surface area contributed by atoms with Crippen molar-refractivity contribution >= 4 is 54.3 Å². The minimum atomic E-state index is -0.811. The largest absolute Gasteiger partial charge is 0.363 e. The molecular weight excluding hydrogens is 414 g/mol. The minimum absolute atomic E-state index is 0.0330. The molecule has 0 saturated carbocycles. The van der Waals surface area contributed by atoms with Crippen molar-refractivity contribution in [3.8, 4) is 0 Å². The molecule has 0 bridgehead atoms. The summed E-state index contributed by atoms with van der Waals surface area (Å²) >= 11 is 6.07. The fraction of sp³-hybridized carbons (Fsp3) is 0.400. The lowest BCUT2D eigenvalue weighted by atomic mass is 10.2. The van der Waals surface area contributed by atoms with Gasteiger partial charge in [-0.15, -0.1) is 0 Å². The first-order valence-electron chi connectivity index (χ1n) is 5.85. The van der Waals surface area contributed by atoms with Gasteiger partial charge in [0.1, 0.15) is 20.0 Å². The highest BCUT2D eigenvalue weighted by molar-refractivity contribution is 9.11. The predicted octanol–water partition coefficient (Wildman–Crippen LogP) is 3.74. The van der Waals surface area contributed by atoms with Crippen LogP contribution in [0.5, 0.6) is 0 Å². The summed E-state index contributed by atoms with van der Waals surface area (Å²) in [6.07, 6.45) is 0.750.